The van der Waals surface area contributed by atoms with Gasteiger partial charge in [-0.25, -0.2) is 12.8 Å². The van der Waals surface area contributed by atoms with Crippen LogP contribution in [0.15, 0.2) is 59.6 Å². The van der Waals surface area contributed by atoms with Crippen LogP contribution >= 0.6 is 11.8 Å². The van der Waals surface area contributed by atoms with Gasteiger partial charge in [0.05, 0.1) is 17.5 Å². The molecule has 2 saturated heterocycles. The van der Waals surface area contributed by atoms with Gasteiger partial charge in [-0.3, -0.25) is 4.79 Å². The summed E-state index contributed by atoms with van der Waals surface area (Å²) in [6.07, 6.45) is 0. The molecule has 0 radical (unpaired) electrons. The zero-order valence-electron chi connectivity index (χ0n) is 13.6. The standard InChI is InChI=1S/C18H15FN2O3S2/c19-13-6-8-14(9-7-13)21-15-10-26(23,24)11-16(15)25-18(21)20-17(22)12-4-2-1-3-5-12/h1-9,15-16H,10-11H2. The normalized spacial score (nSPS) is 25.4. The maximum atomic E-state index is 13.3. The van der Waals surface area contributed by atoms with E-state index in [1.165, 1.54) is 23.9 Å². The zero-order valence-corrected chi connectivity index (χ0v) is 15.2. The summed E-state index contributed by atoms with van der Waals surface area (Å²) >= 11 is 1.30. The topological polar surface area (TPSA) is 66.8 Å². The van der Waals surface area contributed by atoms with Crippen molar-refractivity contribution in [3.8, 4) is 0 Å². The highest BCUT2D eigenvalue weighted by atomic mass is 32.2. The third-order valence-electron chi connectivity index (χ3n) is 4.39. The van der Waals surface area contributed by atoms with E-state index in [9.17, 15) is 17.6 Å². The van der Waals surface area contributed by atoms with Crippen molar-refractivity contribution in [2.24, 2.45) is 4.99 Å². The first-order valence-electron chi connectivity index (χ1n) is 8.03. The van der Waals surface area contributed by atoms with Gasteiger partial charge in [-0.2, -0.15) is 4.99 Å². The fourth-order valence-electron chi connectivity index (χ4n) is 3.20. The first-order valence-corrected chi connectivity index (χ1v) is 10.7. The lowest BCUT2D eigenvalue weighted by molar-refractivity contribution is 0.100. The quantitative estimate of drug-likeness (QED) is 0.789. The number of benzene rings is 2. The molecule has 0 saturated carbocycles. The molecule has 2 aromatic rings. The molecule has 2 unspecified atom stereocenters. The summed E-state index contributed by atoms with van der Waals surface area (Å²) in [6.45, 7) is 0. The number of carbonyl (C=O) groups excluding carboxylic acids is 1. The van der Waals surface area contributed by atoms with E-state index >= 15 is 0 Å². The fourth-order valence-corrected chi connectivity index (χ4v) is 7.11. The molecule has 0 bridgehead atoms. The van der Waals surface area contributed by atoms with E-state index in [2.05, 4.69) is 4.99 Å². The number of rotatable bonds is 2. The van der Waals surface area contributed by atoms with Crippen LogP contribution in [0.3, 0.4) is 0 Å². The van der Waals surface area contributed by atoms with Gasteiger partial charge in [0, 0.05) is 16.5 Å². The van der Waals surface area contributed by atoms with E-state index in [1.54, 1.807) is 41.3 Å². The molecule has 0 N–H and O–H groups in total. The Labute approximate surface area is 154 Å². The Morgan fingerprint density at radius 2 is 1.77 bits per heavy atom. The number of thioether (sulfide) groups is 1. The van der Waals surface area contributed by atoms with Gasteiger partial charge in [-0.15, -0.1) is 0 Å². The summed E-state index contributed by atoms with van der Waals surface area (Å²) in [6, 6.07) is 14.2. The zero-order chi connectivity index (χ0) is 18.3. The number of halogens is 1. The van der Waals surface area contributed by atoms with Crippen LogP contribution in [-0.2, 0) is 9.84 Å². The Hall–Kier alpha value is -2.19. The SMILES string of the molecule is O=C(N=C1SC2CS(=O)(=O)CC2N1c1ccc(F)cc1)c1ccccc1. The smallest absolute Gasteiger partial charge is 0.279 e. The number of aliphatic imine (C=N–C) groups is 1. The van der Waals surface area contributed by atoms with Crippen molar-refractivity contribution in [1.82, 2.24) is 0 Å². The summed E-state index contributed by atoms with van der Waals surface area (Å²) in [7, 11) is -3.14. The minimum atomic E-state index is -3.14. The van der Waals surface area contributed by atoms with E-state index in [0.717, 1.165) is 0 Å². The first-order chi connectivity index (χ1) is 12.4. The van der Waals surface area contributed by atoms with Crippen LogP contribution in [0.4, 0.5) is 10.1 Å². The molecule has 134 valence electrons. The van der Waals surface area contributed by atoms with Gasteiger partial charge in [-0.05, 0) is 36.4 Å². The van der Waals surface area contributed by atoms with Crippen molar-refractivity contribution >= 4 is 38.4 Å². The molecule has 2 aromatic carbocycles. The molecule has 2 atom stereocenters. The highest BCUT2D eigenvalue weighted by Crippen LogP contribution is 2.41. The molecule has 5 nitrogen and oxygen atoms in total. The van der Waals surface area contributed by atoms with Crippen LogP contribution in [0.2, 0.25) is 0 Å². The molecular formula is C18H15FN2O3S2. The molecule has 1 amide bonds. The largest absolute Gasteiger partial charge is 0.316 e. The van der Waals surface area contributed by atoms with Crippen molar-refractivity contribution in [3.63, 3.8) is 0 Å². The fraction of sp³-hybridized carbons (Fsp3) is 0.222. The summed E-state index contributed by atoms with van der Waals surface area (Å²) in [5.74, 6) is -0.711. The summed E-state index contributed by atoms with van der Waals surface area (Å²) in [4.78, 5) is 18.5. The summed E-state index contributed by atoms with van der Waals surface area (Å²) < 4.78 is 37.3. The minimum Gasteiger partial charge on any atom is -0.316 e. The lowest BCUT2D eigenvalue weighted by Crippen LogP contribution is -2.37. The predicted molar refractivity (Wildman–Crippen MR) is 101 cm³/mol. The number of fused-ring (bicyclic) bond motifs is 1. The molecule has 0 aliphatic carbocycles. The Bertz CT molecular complexity index is 975. The Morgan fingerprint density at radius 3 is 2.46 bits per heavy atom. The molecule has 4 rings (SSSR count). The van der Waals surface area contributed by atoms with Crippen LogP contribution in [0.25, 0.3) is 0 Å². The van der Waals surface area contributed by atoms with Crippen LogP contribution in [0.5, 0.6) is 0 Å². The number of amidine groups is 1. The van der Waals surface area contributed by atoms with Crippen molar-refractivity contribution in [2.45, 2.75) is 11.3 Å². The van der Waals surface area contributed by atoms with Crippen molar-refractivity contribution in [2.75, 3.05) is 16.4 Å². The average Bonchev–Trinajstić information content (AvgIpc) is 3.07. The highest BCUT2D eigenvalue weighted by Gasteiger charge is 2.49. The second-order valence-corrected chi connectivity index (χ2v) is 9.57. The Kier molecular flexibility index (Phi) is 4.32. The predicted octanol–water partition coefficient (Wildman–Crippen LogP) is 2.74. The summed E-state index contributed by atoms with van der Waals surface area (Å²) in [5.41, 5.74) is 1.09. The molecular weight excluding hydrogens is 375 g/mol. The van der Waals surface area contributed by atoms with Gasteiger partial charge in [-0.1, -0.05) is 30.0 Å². The Morgan fingerprint density at radius 1 is 1.08 bits per heavy atom. The molecule has 2 aliphatic rings. The number of hydrogen-bond acceptors (Lipinski definition) is 4. The summed E-state index contributed by atoms with van der Waals surface area (Å²) in [5, 5.41) is 0.266. The maximum Gasteiger partial charge on any atom is 0.279 e. The molecule has 2 fully saturated rings. The lowest BCUT2D eigenvalue weighted by atomic mass is 10.2. The number of anilines is 1. The van der Waals surface area contributed by atoms with E-state index in [-0.39, 0.29) is 34.5 Å². The second kappa shape index (κ2) is 6.51. The number of nitrogens with zero attached hydrogens (tertiary/aromatic N) is 2. The number of carbonyl (C=O) groups is 1. The van der Waals surface area contributed by atoms with Crippen molar-refractivity contribution < 1.29 is 17.6 Å². The van der Waals surface area contributed by atoms with Gasteiger partial charge in [0.25, 0.3) is 5.91 Å². The van der Waals surface area contributed by atoms with Gasteiger partial charge < -0.3 is 4.90 Å². The second-order valence-electron chi connectivity index (χ2n) is 6.21. The molecule has 0 spiro atoms. The van der Waals surface area contributed by atoms with Crippen molar-refractivity contribution in [3.05, 3.63) is 66.0 Å². The lowest BCUT2D eigenvalue weighted by Gasteiger charge is -2.24. The minimum absolute atomic E-state index is 0.000586. The van der Waals surface area contributed by atoms with E-state index in [1.807, 2.05) is 6.07 Å². The number of hydrogen-bond donors (Lipinski definition) is 0. The van der Waals surface area contributed by atoms with E-state index in [4.69, 9.17) is 0 Å². The number of amides is 1. The Balaban J connectivity index is 1.72. The van der Waals surface area contributed by atoms with E-state index in [0.29, 0.717) is 16.4 Å². The molecule has 26 heavy (non-hydrogen) atoms. The average molecular weight is 390 g/mol. The van der Waals surface area contributed by atoms with Gasteiger partial charge >= 0.3 is 0 Å². The van der Waals surface area contributed by atoms with Gasteiger partial charge in [0.15, 0.2) is 15.0 Å². The van der Waals surface area contributed by atoms with Crippen molar-refractivity contribution in [1.29, 1.82) is 0 Å². The molecule has 8 heteroatoms. The first kappa shape index (κ1) is 17.2. The highest BCUT2D eigenvalue weighted by molar-refractivity contribution is 8.16. The third kappa shape index (κ3) is 3.26. The monoisotopic (exact) mass is 390 g/mol. The number of sulfone groups is 1. The van der Waals surface area contributed by atoms with Crippen LogP contribution < -0.4 is 4.90 Å². The third-order valence-corrected chi connectivity index (χ3v) is 7.60. The van der Waals surface area contributed by atoms with Gasteiger partial charge in [0.2, 0.25) is 0 Å². The van der Waals surface area contributed by atoms with Gasteiger partial charge in [0.1, 0.15) is 5.82 Å². The van der Waals surface area contributed by atoms with Crippen LogP contribution in [0, 0.1) is 5.82 Å². The van der Waals surface area contributed by atoms with Crippen LogP contribution in [0.1, 0.15) is 10.4 Å². The molecule has 0 aromatic heterocycles. The molecule has 2 heterocycles. The van der Waals surface area contributed by atoms with E-state index < -0.39 is 9.84 Å². The molecule has 2 aliphatic heterocycles. The van der Waals surface area contributed by atoms with Crippen LogP contribution in [-0.4, -0.2) is 42.3 Å². The maximum absolute atomic E-state index is 13.3.